The summed E-state index contributed by atoms with van der Waals surface area (Å²) in [6, 6.07) is 16.3. The molecule has 4 aromatic rings. The Morgan fingerprint density at radius 3 is 2.79 bits per heavy atom. The van der Waals surface area contributed by atoms with Crippen LogP contribution in [0.1, 0.15) is 10.4 Å². The van der Waals surface area contributed by atoms with Gasteiger partial charge in [-0.3, -0.25) is 4.79 Å². The standard InChI is InChI=1S/C21H14BrFN2O3/c1-27-18-7-5-13(22)10-16(18)20(26)24-15-6-8-19-17(11-15)25-21(28-19)12-3-2-4-14(23)9-12/h2-11H,1H3,(H,24,26). The van der Waals surface area contributed by atoms with Gasteiger partial charge in [0.25, 0.3) is 5.91 Å². The van der Waals surface area contributed by atoms with Gasteiger partial charge in [-0.2, -0.15) is 0 Å². The summed E-state index contributed by atoms with van der Waals surface area (Å²) in [6.07, 6.45) is 0. The van der Waals surface area contributed by atoms with E-state index in [-0.39, 0.29) is 11.7 Å². The van der Waals surface area contributed by atoms with Crippen molar-refractivity contribution in [2.45, 2.75) is 0 Å². The first kappa shape index (κ1) is 18.2. The zero-order chi connectivity index (χ0) is 19.7. The van der Waals surface area contributed by atoms with Gasteiger partial charge in [0.2, 0.25) is 5.89 Å². The number of benzene rings is 3. The fourth-order valence-corrected chi connectivity index (χ4v) is 3.17. The van der Waals surface area contributed by atoms with Gasteiger partial charge in [-0.05, 0) is 54.6 Å². The summed E-state index contributed by atoms with van der Waals surface area (Å²) in [5.74, 6) is 0.102. The van der Waals surface area contributed by atoms with Crippen LogP contribution in [0.3, 0.4) is 0 Å². The number of aromatic nitrogens is 1. The molecule has 0 aliphatic carbocycles. The number of halogens is 2. The minimum atomic E-state index is -0.365. The monoisotopic (exact) mass is 440 g/mol. The molecule has 0 radical (unpaired) electrons. The molecule has 1 amide bonds. The Hall–Kier alpha value is -3.19. The molecule has 0 saturated heterocycles. The molecule has 0 spiro atoms. The van der Waals surface area contributed by atoms with Gasteiger partial charge in [-0.1, -0.05) is 22.0 Å². The summed E-state index contributed by atoms with van der Waals surface area (Å²) in [5.41, 5.74) is 2.59. The summed E-state index contributed by atoms with van der Waals surface area (Å²) in [6.45, 7) is 0. The highest BCUT2D eigenvalue weighted by Gasteiger charge is 2.15. The zero-order valence-electron chi connectivity index (χ0n) is 14.7. The van der Waals surface area contributed by atoms with Gasteiger partial charge in [0.1, 0.15) is 17.1 Å². The Morgan fingerprint density at radius 1 is 1.14 bits per heavy atom. The third-order valence-electron chi connectivity index (χ3n) is 4.12. The van der Waals surface area contributed by atoms with Crippen molar-refractivity contribution in [1.82, 2.24) is 4.98 Å². The third kappa shape index (κ3) is 3.61. The molecule has 0 fully saturated rings. The second kappa shape index (κ2) is 7.44. The van der Waals surface area contributed by atoms with Crippen LogP contribution in [-0.4, -0.2) is 18.0 Å². The van der Waals surface area contributed by atoms with E-state index in [0.29, 0.717) is 39.6 Å². The number of nitrogens with zero attached hydrogens (tertiary/aromatic N) is 1. The number of carbonyl (C=O) groups is 1. The molecule has 1 aromatic heterocycles. The molecular formula is C21H14BrFN2O3. The lowest BCUT2D eigenvalue weighted by Gasteiger charge is -2.09. The molecule has 0 saturated carbocycles. The van der Waals surface area contributed by atoms with Crippen LogP contribution in [0.4, 0.5) is 10.1 Å². The van der Waals surface area contributed by atoms with E-state index in [2.05, 4.69) is 26.2 Å². The summed E-state index contributed by atoms with van der Waals surface area (Å²) in [5, 5.41) is 2.83. The van der Waals surface area contributed by atoms with E-state index in [4.69, 9.17) is 9.15 Å². The topological polar surface area (TPSA) is 64.4 Å². The van der Waals surface area contributed by atoms with E-state index in [1.54, 1.807) is 48.5 Å². The molecule has 28 heavy (non-hydrogen) atoms. The number of ether oxygens (including phenoxy) is 1. The number of nitrogens with one attached hydrogen (secondary N) is 1. The molecule has 7 heteroatoms. The highest BCUT2D eigenvalue weighted by atomic mass is 79.9. The van der Waals surface area contributed by atoms with Gasteiger partial charge in [-0.25, -0.2) is 9.37 Å². The number of carbonyl (C=O) groups excluding carboxylic acids is 1. The maximum Gasteiger partial charge on any atom is 0.259 e. The first-order valence-corrected chi connectivity index (χ1v) is 9.14. The molecule has 5 nitrogen and oxygen atoms in total. The predicted octanol–water partition coefficient (Wildman–Crippen LogP) is 5.66. The normalized spacial score (nSPS) is 10.8. The molecule has 0 unspecified atom stereocenters. The van der Waals surface area contributed by atoms with E-state index in [9.17, 15) is 9.18 Å². The lowest BCUT2D eigenvalue weighted by molar-refractivity contribution is 0.102. The van der Waals surface area contributed by atoms with Crippen LogP contribution in [0.5, 0.6) is 5.75 Å². The van der Waals surface area contributed by atoms with Crippen LogP contribution in [0.25, 0.3) is 22.6 Å². The second-order valence-electron chi connectivity index (χ2n) is 6.01. The van der Waals surface area contributed by atoms with Crippen molar-refractivity contribution < 1.29 is 18.3 Å². The van der Waals surface area contributed by atoms with Crippen molar-refractivity contribution in [3.05, 3.63) is 76.5 Å². The Bertz CT molecular complexity index is 1190. The summed E-state index contributed by atoms with van der Waals surface area (Å²) in [7, 11) is 1.51. The fraction of sp³-hybridized carbons (Fsp3) is 0.0476. The van der Waals surface area contributed by atoms with Gasteiger partial charge in [-0.15, -0.1) is 0 Å². The van der Waals surface area contributed by atoms with Crippen LogP contribution >= 0.6 is 15.9 Å². The molecule has 3 aromatic carbocycles. The van der Waals surface area contributed by atoms with Crippen molar-refractivity contribution in [2.75, 3.05) is 12.4 Å². The quantitative estimate of drug-likeness (QED) is 0.444. The van der Waals surface area contributed by atoms with Crippen molar-refractivity contribution in [1.29, 1.82) is 0 Å². The maximum absolute atomic E-state index is 13.4. The fourth-order valence-electron chi connectivity index (χ4n) is 2.81. The van der Waals surface area contributed by atoms with E-state index in [0.717, 1.165) is 4.47 Å². The van der Waals surface area contributed by atoms with Crippen molar-refractivity contribution >= 4 is 38.6 Å². The van der Waals surface area contributed by atoms with Gasteiger partial charge >= 0.3 is 0 Å². The predicted molar refractivity (Wildman–Crippen MR) is 108 cm³/mol. The molecule has 1 heterocycles. The SMILES string of the molecule is COc1ccc(Br)cc1C(=O)Nc1ccc2oc(-c3cccc(F)c3)nc2c1. The molecular weight excluding hydrogens is 427 g/mol. The Morgan fingerprint density at radius 2 is 2.00 bits per heavy atom. The highest BCUT2D eigenvalue weighted by molar-refractivity contribution is 9.10. The molecule has 140 valence electrons. The van der Waals surface area contributed by atoms with Gasteiger partial charge in [0.15, 0.2) is 5.58 Å². The average Bonchev–Trinajstić information content (AvgIpc) is 3.11. The lowest BCUT2D eigenvalue weighted by atomic mass is 10.2. The number of fused-ring (bicyclic) bond motifs is 1. The van der Waals surface area contributed by atoms with E-state index in [1.165, 1.54) is 19.2 Å². The molecule has 0 aliphatic rings. The lowest BCUT2D eigenvalue weighted by Crippen LogP contribution is -2.13. The summed E-state index contributed by atoms with van der Waals surface area (Å²) in [4.78, 5) is 17.0. The van der Waals surface area contributed by atoms with E-state index >= 15 is 0 Å². The highest BCUT2D eigenvalue weighted by Crippen LogP contribution is 2.28. The van der Waals surface area contributed by atoms with Crippen molar-refractivity contribution in [2.24, 2.45) is 0 Å². The molecule has 0 bridgehead atoms. The molecule has 1 N–H and O–H groups in total. The van der Waals surface area contributed by atoms with Gasteiger partial charge in [0.05, 0.1) is 12.7 Å². The minimum Gasteiger partial charge on any atom is -0.496 e. The number of hydrogen-bond acceptors (Lipinski definition) is 4. The number of methoxy groups -OCH3 is 1. The van der Waals surface area contributed by atoms with Crippen LogP contribution in [-0.2, 0) is 0 Å². The van der Waals surface area contributed by atoms with Crippen LogP contribution in [0.2, 0.25) is 0 Å². The van der Waals surface area contributed by atoms with Crippen molar-refractivity contribution in [3.8, 4) is 17.2 Å². The Balaban J connectivity index is 1.63. The zero-order valence-corrected chi connectivity index (χ0v) is 16.3. The van der Waals surface area contributed by atoms with Gasteiger partial charge in [0, 0.05) is 15.7 Å². The van der Waals surface area contributed by atoms with Crippen LogP contribution in [0.15, 0.2) is 69.6 Å². The first-order chi connectivity index (χ1) is 13.5. The second-order valence-corrected chi connectivity index (χ2v) is 6.93. The largest absolute Gasteiger partial charge is 0.496 e. The maximum atomic E-state index is 13.4. The Labute approximate surface area is 168 Å². The summed E-state index contributed by atoms with van der Waals surface area (Å²) < 4.78 is 25.1. The average molecular weight is 441 g/mol. The molecule has 0 aliphatic heterocycles. The number of oxazole rings is 1. The van der Waals surface area contributed by atoms with E-state index < -0.39 is 0 Å². The number of hydrogen-bond donors (Lipinski definition) is 1. The first-order valence-electron chi connectivity index (χ1n) is 8.35. The van der Waals surface area contributed by atoms with Crippen LogP contribution in [0, 0.1) is 5.82 Å². The van der Waals surface area contributed by atoms with E-state index in [1.807, 2.05) is 0 Å². The number of rotatable bonds is 4. The smallest absolute Gasteiger partial charge is 0.259 e. The molecule has 0 atom stereocenters. The van der Waals surface area contributed by atoms with Crippen molar-refractivity contribution in [3.63, 3.8) is 0 Å². The van der Waals surface area contributed by atoms with Crippen LogP contribution < -0.4 is 10.1 Å². The summed E-state index contributed by atoms with van der Waals surface area (Å²) >= 11 is 3.36. The van der Waals surface area contributed by atoms with Gasteiger partial charge < -0.3 is 14.5 Å². The minimum absolute atomic E-state index is 0.312. The number of anilines is 1. The number of amides is 1. The molecule has 4 rings (SSSR count). The Kier molecular flexibility index (Phi) is 4.83. The third-order valence-corrected chi connectivity index (χ3v) is 4.62.